The van der Waals surface area contributed by atoms with Crippen LogP contribution in [-0.4, -0.2) is 20.9 Å². The Kier molecular flexibility index (Phi) is 3.92. The molecule has 0 aliphatic rings. The van der Waals surface area contributed by atoms with E-state index in [1.54, 1.807) is 6.20 Å². The van der Waals surface area contributed by atoms with Crippen molar-refractivity contribution in [3.05, 3.63) is 47.9 Å². The van der Waals surface area contributed by atoms with Crippen LogP contribution in [0, 0.1) is 0 Å². The highest BCUT2D eigenvalue weighted by molar-refractivity contribution is 6.30. The molecule has 0 spiro atoms. The van der Waals surface area contributed by atoms with Crippen molar-refractivity contribution >= 4 is 34.6 Å². The van der Waals surface area contributed by atoms with Gasteiger partial charge < -0.3 is 15.0 Å². The molecule has 2 heterocycles. The van der Waals surface area contributed by atoms with Crippen molar-refractivity contribution in [2.24, 2.45) is 0 Å². The molecule has 5 nitrogen and oxygen atoms in total. The molecule has 2 N–H and O–H groups in total. The Morgan fingerprint density at radius 3 is 2.81 bits per heavy atom. The SMILES string of the molecule is CCCNc1cn2ccnc2c(Nc2ccc(Cl)cc2)n1. The number of nitrogens with zero attached hydrogens (tertiary/aromatic N) is 3. The third-order valence-corrected chi connectivity index (χ3v) is 3.29. The van der Waals surface area contributed by atoms with Crippen LogP contribution in [0.5, 0.6) is 0 Å². The molecular weight excluding hydrogens is 286 g/mol. The minimum atomic E-state index is 0.706. The molecule has 0 amide bonds. The summed E-state index contributed by atoms with van der Waals surface area (Å²) in [6.45, 7) is 3.00. The van der Waals surface area contributed by atoms with Crippen LogP contribution < -0.4 is 10.6 Å². The highest BCUT2D eigenvalue weighted by Gasteiger charge is 2.07. The smallest absolute Gasteiger partial charge is 0.180 e. The lowest BCUT2D eigenvalue weighted by molar-refractivity contribution is 0.962. The van der Waals surface area contributed by atoms with Crippen LogP contribution >= 0.6 is 11.6 Å². The molecule has 108 valence electrons. The number of fused-ring (bicyclic) bond motifs is 1. The highest BCUT2D eigenvalue weighted by Crippen LogP contribution is 2.22. The fourth-order valence-corrected chi connectivity index (χ4v) is 2.15. The van der Waals surface area contributed by atoms with Gasteiger partial charge >= 0.3 is 0 Å². The third kappa shape index (κ3) is 3.08. The number of nitrogens with one attached hydrogen (secondary N) is 2. The lowest BCUT2D eigenvalue weighted by atomic mass is 10.3. The lowest BCUT2D eigenvalue weighted by Gasteiger charge is -2.10. The predicted molar refractivity (Wildman–Crippen MR) is 86.5 cm³/mol. The van der Waals surface area contributed by atoms with Crippen molar-refractivity contribution in [3.8, 4) is 0 Å². The maximum absolute atomic E-state index is 5.90. The highest BCUT2D eigenvalue weighted by atomic mass is 35.5. The standard InChI is InChI=1S/C15H16ClN5/c1-2-7-17-13-10-21-9-8-18-15(21)14(20-13)19-12-5-3-11(16)4-6-12/h3-6,8-10,17H,2,7H2,1H3,(H,19,20). The normalized spacial score (nSPS) is 10.8. The summed E-state index contributed by atoms with van der Waals surface area (Å²) >= 11 is 5.90. The second-order valence-electron chi connectivity index (χ2n) is 4.69. The summed E-state index contributed by atoms with van der Waals surface area (Å²) in [6.07, 6.45) is 6.64. The van der Waals surface area contributed by atoms with Crippen molar-refractivity contribution in [1.29, 1.82) is 0 Å². The Hall–Kier alpha value is -2.27. The fourth-order valence-electron chi connectivity index (χ4n) is 2.02. The van der Waals surface area contributed by atoms with E-state index in [4.69, 9.17) is 11.6 Å². The molecule has 6 heteroatoms. The second kappa shape index (κ2) is 6.01. The van der Waals surface area contributed by atoms with Gasteiger partial charge in [0.25, 0.3) is 0 Å². The van der Waals surface area contributed by atoms with Crippen LogP contribution in [-0.2, 0) is 0 Å². The number of hydrogen-bond donors (Lipinski definition) is 2. The molecule has 0 bridgehead atoms. The van der Waals surface area contributed by atoms with E-state index >= 15 is 0 Å². The molecule has 21 heavy (non-hydrogen) atoms. The van der Waals surface area contributed by atoms with Crippen LogP contribution in [0.15, 0.2) is 42.9 Å². The van der Waals surface area contributed by atoms with Gasteiger partial charge in [-0.2, -0.15) is 0 Å². The molecule has 0 aliphatic carbocycles. The summed E-state index contributed by atoms with van der Waals surface area (Å²) in [5, 5.41) is 7.28. The third-order valence-electron chi connectivity index (χ3n) is 3.04. The summed E-state index contributed by atoms with van der Waals surface area (Å²) in [5.74, 6) is 1.53. The number of rotatable bonds is 5. The summed E-state index contributed by atoms with van der Waals surface area (Å²) in [6, 6.07) is 7.50. The number of anilines is 3. The van der Waals surface area contributed by atoms with Gasteiger partial charge in [-0.25, -0.2) is 9.97 Å². The number of benzene rings is 1. The van der Waals surface area contributed by atoms with Gasteiger partial charge in [-0.05, 0) is 30.7 Å². The monoisotopic (exact) mass is 301 g/mol. The Morgan fingerprint density at radius 2 is 2.05 bits per heavy atom. The molecule has 0 saturated carbocycles. The molecule has 0 unspecified atom stereocenters. The molecular formula is C15H16ClN5. The van der Waals surface area contributed by atoms with Crippen LogP contribution in [0.3, 0.4) is 0 Å². The quantitative estimate of drug-likeness (QED) is 0.749. The fraction of sp³-hybridized carbons (Fsp3) is 0.200. The number of hydrogen-bond acceptors (Lipinski definition) is 4. The number of halogens is 1. The van der Waals surface area contributed by atoms with E-state index in [-0.39, 0.29) is 0 Å². The first-order chi connectivity index (χ1) is 10.3. The molecule has 0 radical (unpaired) electrons. The summed E-state index contributed by atoms with van der Waals surface area (Å²) in [4.78, 5) is 8.93. The maximum Gasteiger partial charge on any atom is 0.180 e. The Bertz CT molecular complexity index is 735. The van der Waals surface area contributed by atoms with Crippen molar-refractivity contribution in [2.45, 2.75) is 13.3 Å². The first-order valence-corrected chi connectivity index (χ1v) is 7.24. The average molecular weight is 302 g/mol. The molecule has 3 rings (SSSR count). The van der Waals surface area contributed by atoms with Crippen molar-refractivity contribution in [2.75, 3.05) is 17.2 Å². The maximum atomic E-state index is 5.90. The summed E-state index contributed by atoms with van der Waals surface area (Å²) in [7, 11) is 0. The lowest BCUT2D eigenvalue weighted by Crippen LogP contribution is -2.06. The zero-order valence-electron chi connectivity index (χ0n) is 11.7. The Balaban J connectivity index is 1.95. The van der Waals surface area contributed by atoms with Gasteiger partial charge in [-0.1, -0.05) is 18.5 Å². The largest absolute Gasteiger partial charge is 0.369 e. The van der Waals surface area contributed by atoms with E-state index in [1.165, 1.54) is 0 Å². The number of aromatic nitrogens is 3. The van der Waals surface area contributed by atoms with E-state index in [0.29, 0.717) is 10.8 Å². The van der Waals surface area contributed by atoms with Crippen molar-refractivity contribution in [1.82, 2.24) is 14.4 Å². The minimum Gasteiger partial charge on any atom is -0.369 e. The van der Waals surface area contributed by atoms with Gasteiger partial charge in [-0.15, -0.1) is 0 Å². The van der Waals surface area contributed by atoms with E-state index in [9.17, 15) is 0 Å². The number of imidazole rings is 1. The summed E-state index contributed by atoms with van der Waals surface area (Å²) < 4.78 is 1.95. The van der Waals surface area contributed by atoms with Crippen LogP contribution in [0.1, 0.15) is 13.3 Å². The Labute approximate surface area is 128 Å². The molecule has 0 saturated heterocycles. The minimum absolute atomic E-state index is 0.706. The molecule has 3 aromatic rings. The van der Waals surface area contributed by atoms with Gasteiger partial charge in [0.05, 0.1) is 6.20 Å². The first kappa shape index (κ1) is 13.7. The average Bonchev–Trinajstić information content (AvgIpc) is 2.96. The van der Waals surface area contributed by atoms with Crippen LogP contribution in [0.2, 0.25) is 5.02 Å². The summed E-state index contributed by atoms with van der Waals surface area (Å²) in [5.41, 5.74) is 1.71. The molecule has 0 atom stereocenters. The van der Waals surface area contributed by atoms with Crippen LogP contribution in [0.4, 0.5) is 17.3 Å². The van der Waals surface area contributed by atoms with Crippen molar-refractivity contribution in [3.63, 3.8) is 0 Å². The van der Waals surface area contributed by atoms with E-state index in [2.05, 4.69) is 27.5 Å². The predicted octanol–water partition coefficient (Wildman–Crippen LogP) is 3.95. The van der Waals surface area contributed by atoms with Gasteiger partial charge in [0.1, 0.15) is 5.82 Å². The second-order valence-corrected chi connectivity index (χ2v) is 5.13. The van der Waals surface area contributed by atoms with E-state index < -0.39 is 0 Å². The Morgan fingerprint density at radius 1 is 1.24 bits per heavy atom. The van der Waals surface area contributed by atoms with E-state index in [0.717, 1.165) is 30.1 Å². The molecule has 1 aromatic carbocycles. The van der Waals surface area contributed by atoms with Gasteiger partial charge in [0.2, 0.25) is 0 Å². The van der Waals surface area contributed by atoms with Gasteiger partial charge in [0.15, 0.2) is 11.5 Å². The van der Waals surface area contributed by atoms with E-state index in [1.807, 2.05) is 41.1 Å². The molecule has 2 aromatic heterocycles. The van der Waals surface area contributed by atoms with Gasteiger partial charge in [0, 0.05) is 29.6 Å². The first-order valence-electron chi connectivity index (χ1n) is 6.86. The molecule has 0 fully saturated rings. The van der Waals surface area contributed by atoms with Gasteiger partial charge in [-0.3, -0.25) is 0 Å². The van der Waals surface area contributed by atoms with Crippen molar-refractivity contribution < 1.29 is 0 Å². The van der Waals surface area contributed by atoms with Crippen LogP contribution in [0.25, 0.3) is 5.65 Å². The molecule has 0 aliphatic heterocycles. The zero-order chi connectivity index (χ0) is 14.7. The topological polar surface area (TPSA) is 54.2 Å². The zero-order valence-corrected chi connectivity index (χ0v) is 12.4.